The van der Waals surface area contributed by atoms with Crippen molar-refractivity contribution in [1.29, 1.82) is 0 Å². The van der Waals surface area contributed by atoms with Crippen molar-refractivity contribution in [1.82, 2.24) is 41.9 Å². The van der Waals surface area contributed by atoms with Crippen LogP contribution in [-0.2, 0) is 28.6 Å². The summed E-state index contributed by atoms with van der Waals surface area (Å²) in [6.07, 6.45) is 8.70. The van der Waals surface area contributed by atoms with E-state index in [0.29, 0.717) is 101 Å². The van der Waals surface area contributed by atoms with E-state index in [2.05, 4.69) is 56.2 Å². The molecule has 4 heterocycles. The van der Waals surface area contributed by atoms with Crippen LogP contribution >= 0.6 is 0 Å². The molecule has 1 aromatic rings. The zero-order chi connectivity index (χ0) is 39.4. The average molecular weight is 784 g/mol. The van der Waals surface area contributed by atoms with Crippen LogP contribution in [0.25, 0.3) is 0 Å². The molecule has 4 fully saturated rings. The number of carbonyl (C=O) groups is 5. The molecule has 310 valence electrons. The van der Waals surface area contributed by atoms with Gasteiger partial charge in [0.2, 0.25) is 17.7 Å². The largest absolute Gasteiger partial charge is 0.382 e. The Morgan fingerprint density at radius 1 is 0.875 bits per heavy atom. The lowest BCUT2D eigenvalue weighted by molar-refractivity contribution is -0.136. The maximum Gasteiger partial charge on any atom is 0.264 e. The van der Waals surface area contributed by atoms with Gasteiger partial charge < -0.3 is 30.2 Å². The number of anilines is 1. The minimum absolute atomic E-state index is 0.0330. The number of rotatable bonds is 22. The van der Waals surface area contributed by atoms with Crippen LogP contribution in [-0.4, -0.2) is 142 Å². The molecular formula is C39H61N9O8. The predicted molar refractivity (Wildman–Crippen MR) is 207 cm³/mol. The van der Waals surface area contributed by atoms with Crippen molar-refractivity contribution in [3.8, 4) is 0 Å². The molecule has 6 atom stereocenters. The summed E-state index contributed by atoms with van der Waals surface area (Å²) in [5.41, 5.74) is 4.50. The zero-order valence-corrected chi connectivity index (χ0v) is 32.9. The summed E-state index contributed by atoms with van der Waals surface area (Å²) in [5.74, 6) is -1.49. The van der Waals surface area contributed by atoms with E-state index in [1.807, 2.05) is 0 Å². The van der Waals surface area contributed by atoms with E-state index in [0.717, 1.165) is 43.5 Å². The van der Waals surface area contributed by atoms with E-state index in [-0.39, 0.29) is 29.9 Å². The third-order valence-electron chi connectivity index (χ3n) is 11.6. The van der Waals surface area contributed by atoms with E-state index >= 15 is 0 Å². The molecule has 7 N–H and O–H groups in total. The number of benzene rings is 1. The first-order valence-electron chi connectivity index (χ1n) is 20.6. The number of nitrogens with zero attached hydrogens (tertiary/aromatic N) is 2. The van der Waals surface area contributed by atoms with E-state index in [1.165, 1.54) is 12.8 Å². The minimum Gasteiger partial charge on any atom is -0.382 e. The molecule has 4 unspecified atom stereocenters. The van der Waals surface area contributed by atoms with E-state index in [1.54, 1.807) is 18.2 Å². The first kappa shape index (κ1) is 42.1. The molecule has 17 nitrogen and oxygen atoms in total. The van der Waals surface area contributed by atoms with Crippen molar-refractivity contribution in [3.05, 3.63) is 29.3 Å². The highest BCUT2D eigenvalue weighted by Gasteiger charge is 2.46. The van der Waals surface area contributed by atoms with Gasteiger partial charge in [0.15, 0.2) is 0 Å². The molecule has 17 heteroatoms. The number of piperidine rings is 1. The Balaban J connectivity index is 0.758. The molecule has 1 aliphatic carbocycles. The highest BCUT2D eigenvalue weighted by Crippen LogP contribution is 2.32. The highest BCUT2D eigenvalue weighted by atomic mass is 16.5. The Morgan fingerprint density at radius 2 is 1.61 bits per heavy atom. The summed E-state index contributed by atoms with van der Waals surface area (Å²) in [6, 6.07) is 5.22. The van der Waals surface area contributed by atoms with Crippen LogP contribution in [0.1, 0.15) is 92.4 Å². The summed E-state index contributed by atoms with van der Waals surface area (Å²) in [5, 5.41) is 22.0. The van der Waals surface area contributed by atoms with Gasteiger partial charge in [0.25, 0.3) is 11.8 Å². The molecule has 0 aromatic heterocycles. The number of fused-ring (bicyclic) bond motifs is 2. The Kier molecular flexibility index (Phi) is 15.6. The van der Waals surface area contributed by atoms with Crippen LogP contribution in [0, 0.1) is 5.92 Å². The maximum absolute atomic E-state index is 13.2. The van der Waals surface area contributed by atoms with Gasteiger partial charge in [0.05, 0.1) is 69.6 Å². The summed E-state index contributed by atoms with van der Waals surface area (Å²) in [6.45, 7) is 9.00. The van der Waals surface area contributed by atoms with Crippen molar-refractivity contribution in [3.63, 3.8) is 0 Å². The molecular weight excluding hydrogens is 722 g/mol. The van der Waals surface area contributed by atoms with Crippen molar-refractivity contribution in [2.24, 2.45) is 5.92 Å². The van der Waals surface area contributed by atoms with Gasteiger partial charge >= 0.3 is 0 Å². The van der Waals surface area contributed by atoms with Gasteiger partial charge in [-0.3, -0.25) is 50.2 Å². The minimum atomic E-state index is -1.01. The lowest BCUT2D eigenvalue weighted by Crippen LogP contribution is -2.66. The smallest absolute Gasteiger partial charge is 0.264 e. The fourth-order valence-corrected chi connectivity index (χ4v) is 8.69. The number of imide groups is 2. The van der Waals surface area contributed by atoms with Crippen molar-refractivity contribution < 1.29 is 38.2 Å². The second-order valence-electron chi connectivity index (χ2n) is 15.3. The molecule has 56 heavy (non-hydrogen) atoms. The Morgan fingerprint density at radius 3 is 2.36 bits per heavy atom. The number of hydrogen-bond acceptors (Lipinski definition) is 14. The fourth-order valence-electron chi connectivity index (χ4n) is 8.69. The molecule has 0 radical (unpaired) electrons. The number of carbonyl (C=O) groups excluding carboxylic acids is 5. The first-order chi connectivity index (χ1) is 27.3. The molecule has 3 saturated heterocycles. The fraction of sp³-hybridized carbons (Fsp3) is 0.718. The number of nitrogens with one attached hydrogen (secondary N) is 7. The third-order valence-corrected chi connectivity index (χ3v) is 11.6. The molecule has 0 spiro atoms. The molecule has 1 aromatic carbocycles. The molecule has 4 aliphatic heterocycles. The quantitative estimate of drug-likeness (QED) is 0.0630. The second kappa shape index (κ2) is 20.7. The number of hydrogen-bond donors (Lipinski definition) is 7. The van der Waals surface area contributed by atoms with E-state index in [4.69, 9.17) is 14.2 Å². The van der Waals surface area contributed by atoms with Gasteiger partial charge in [0, 0.05) is 49.9 Å². The standard InChI is InChI=1S/C39H61N9O8/c1-3-25(4-2)30-23-33(48-32(45-30)12-13-43-48)44-27-9-8-26(22-27)42-24-35(50)41-15-17-55-19-21-56-20-18-54-16-14-40-29-7-5-6-28-36(29)39(53)47(38(28)52)31-10-11-34(49)46-37(31)51/h5-7,25-27,30-33,40,42-45H,3-4,8-24H2,1-2H3,(H,41,50)(H,46,49,51)/t26-,27-,30?,31?,32?,33?/m0/s1. The van der Waals surface area contributed by atoms with E-state index in [9.17, 15) is 24.0 Å². The van der Waals surface area contributed by atoms with Crippen LogP contribution in [0.5, 0.6) is 0 Å². The Bertz CT molecular complexity index is 1530. The van der Waals surface area contributed by atoms with Crippen LogP contribution in [0.4, 0.5) is 5.69 Å². The number of ether oxygens (including phenoxy) is 3. The first-order valence-corrected chi connectivity index (χ1v) is 20.6. The summed E-state index contributed by atoms with van der Waals surface area (Å²) < 4.78 is 16.8. The SMILES string of the molecule is CCC(CC)C1CC(N[C@H]2CC[C@H](NCC(=O)NCCOCCOCCOCCNc3cccc4c3C(=O)N(C3CCC(=O)NC3=O)C4=O)C2)N2NCCC2N1. The second-order valence-corrected chi connectivity index (χ2v) is 15.3. The lowest BCUT2D eigenvalue weighted by atomic mass is 9.89. The number of hydrazine groups is 1. The maximum atomic E-state index is 13.2. The Hall–Kier alpha value is -3.55. The summed E-state index contributed by atoms with van der Waals surface area (Å²) >= 11 is 0. The van der Waals surface area contributed by atoms with Crippen molar-refractivity contribution >= 4 is 35.2 Å². The van der Waals surface area contributed by atoms with Gasteiger partial charge in [-0.25, -0.2) is 5.01 Å². The average Bonchev–Trinajstić information content (AvgIpc) is 3.92. The lowest BCUT2D eigenvalue weighted by Gasteiger charge is -2.45. The van der Waals surface area contributed by atoms with Gasteiger partial charge in [0.1, 0.15) is 6.04 Å². The zero-order valence-electron chi connectivity index (χ0n) is 32.9. The molecule has 0 bridgehead atoms. The van der Waals surface area contributed by atoms with Crippen LogP contribution in [0.3, 0.4) is 0 Å². The van der Waals surface area contributed by atoms with Crippen LogP contribution < -0.4 is 37.3 Å². The summed E-state index contributed by atoms with van der Waals surface area (Å²) in [4.78, 5) is 63.5. The van der Waals surface area contributed by atoms with Gasteiger partial charge in [-0.05, 0) is 56.6 Å². The molecule has 6 rings (SSSR count). The number of amides is 5. The monoisotopic (exact) mass is 783 g/mol. The molecule has 5 amide bonds. The molecule has 5 aliphatic rings. The van der Waals surface area contributed by atoms with E-state index < -0.39 is 29.7 Å². The van der Waals surface area contributed by atoms with Gasteiger partial charge in [-0.1, -0.05) is 32.8 Å². The van der Waals surface area contributed by atoms with Gasteiger partial charge in [-0.2, -0.15) is 0 Å². The third kappa shape index (κ3) is 10.7. The van der Waals surface area contributed by atoms with Crippen molar-refractivity contribution in [2.45, 2.75) is 108 Å². The van der Waals surface area contributed by atoms with Crippen LogP contribution in [0.2, 0.25) is 0 Å². The topological polar surface area (TPSA) is 204 Å². The molecule has 1 saturated carbocycles. The Labute approximate surface area is 329 Å². The van der Waals surface area contributed by atoms with Crippen LogP contribution in [0.15, 0.2) is 18.2 Å². The van der Waals surface area contributed by atoms with Crippen molar-refractivity contribution in [2.75, 3.05) is 71.1 Å². The normalized spacial score (nSPS) is 26.5. The summed E-state index contributed by atoms with van der Waals surface area (Å²) in [7, 11) is 0. The predicted octanol–water partition coefficient (Wildman–Crippen LogP) is 0.427. The highest BCUT2D eigenvalue weighted by molar-refractivity contribution is 6.25. The van der Waals surface area contributed by atoms with Gasteiger partial charge in [-0.15, -0.1) is 0 Å².